The van der Waals surface area contributed by atoms with E-state index in [2.05, 4.69) is 50.3 Å². The molecule has 0 atom stereocenters. The van der Waals surface area contributed by atoms with Gasteiger partial charge in [0.05, 0.1) is 0 Å². The molecule has 0 N–H and O–H groups in total. The Balaban J connectivity index is 1.43. The first-order valence-corrected chi connectivity index (χ1v) is 9.50. The standard InChI is InChI=1S/C25H24O3/c1-25(2,20-13-14-23-24(17-20)27-18-26-23)15-7-9-19-8-6-12-22(16-19)28-21-10-4-3-5-11-21/h3-8,10-17H,9,18H2,1-2H3. The van der Waals surface area contributed by atoms with E-state index in [0.29, 0.717) is 6.79 Å². The lowest BCUT2D eigenvalue weighted by Crippen LogP contribution is -2.13. The van der Waals surface area contributed by atoms with E-state index in [0.717, 1.165) is 29.4 Å². The summed E-state index contributed by atoms with van der Waals surface area (Å²) in [6.45, 7) is 4.71. The van der Waals surface area contributed by atoms with Gasteiger partial charge in [0.25, 0.3) is 0 Å². The highest BCUT2D eigenvalue weighted by atomic mass is 16.7. The van der Waals surface area contributed by atoms with Crippen LogP contribution in [0.15, 0.2) is 84.9 Å². The van der Waals surface area contributed by atoms with Crippen LogP contribution in [0.4, 0.5) is 0 Å². The van der Waals surface area contributed by atoms with Crippen molar-refractivity contribution in [3.63, 3.8) is 0 Å². The van der Waals surface area contributed by atoms with Gasteiger partial charge < -0.3 is 14.2 Å². The third-order valence-corrected chi connectivity index (χ3v) is 4.88. The molecule has 4 rings (SSSR count). The van der Waals surface area contributed by atoms with Gasteiger partial charge in [0.1, 0.15) is 11.5 Å². The second-order valence-electron chi connectivity index (χ2n) is 7.46. The zero-order valence-electron chi connectivity index (χ0n) is 16.2. The van der Waals surface area contributed by atoms with Crippen molar-refractivity contribution in [2.45, 2.75) is 25.7 Å². The summed E-state index contributed by atoms with van der Waals surface area (Å²) in [6, 6.07) is 24.2. The predicted octanol–water partition coefficient (Wildman–Crippen LogP) is 6.28. The molecule has 3 aromatic rings. The van der Waals surface area contributed by atoms with E-state index in [-0.39, 0.29) is 5.41 Å². The first-order chi connectivity index (χ1) is 13.6. The summed E-state index contributed by atoms with van der Waals surface area (Å²) in [6.07, 6.45) is 5.31. The lowest BCUT2D eigenvalue weighted by Gasteiger charge is -2.21. The summed E-state index contributed by atoms with van der Waals surface area (Å²) >= 11 is 0. The number of ether oxygens (including phenoxy) is 3. The predicted molar refractivity (Wildman–Crippen MR) is 111 cm³/mol. The number of rotatable bonds is 6. The minimum atomic E-state index is -0.0981. The summed E-state index contributed by atoms with van der Waals surface area (Å²) in [7, 11) is 0. The number of hydrogen-bond acceptors (Lipinski definition) is 3. The fraction of sp³-hybridized carbons (Fsp3) is 0.200. The molecule has 0 spiro atoms. The van der Waals surface area contributed by atoms with Crippen LogP contribution in [0.25, 0.3) is 0 Å². The van der Waals surface area contributed by atoms with Crippen LogP contribution in [0, 0.1) is 0 Å². The normalized spacial score (nSPS) is 13.1. The fourth-order valence-electron chi connectivity index (χ4n) is 3.24. The Labute approximate surface area is 166 Å². The summed E-state index contributed by atoms with van der Waals surface area (Å²) < 4.78 is 16.8. The molecule has 28 heavy (non-hydrogen) atoms. The third kappa shape index (κ3) is 4.20. The van der Waals surface area contributed by atoms with Gasteiger partial charge in [-0.3, -0.25) is 0 Å². The molecule has 0 bridgehead atoms. The summed E-state index contributed by atoms with van der Waals surface area (Å²) in [5.41, 5.74) is 2.32. The van der Waals surface area contributed by atoms with Gasteiger partial charge in [0, 0.05) is 5.41 Å². The molecular formula is C25H24O3. The Bertz CT molecular complexity index is 974. The zero-order chi connectivity index (χ0) is 19.4. The molecule has 1 aliphatic heterocycles. The number of para-hydroxylation sites is 1. The van der Waals surface area contributed by atoms with E-state index in [1.54, 1.807) is 0 Å². The van der Waals surface area contributed by atoms with Crippen molar-refractivity contribution in [1.82, 2.24) is 0 Å². The number of fused-ring (bicyclic) bond motifs is 1. The van der Waals surface area contributed by atoms with Crippen LogP contribution in [0.5, 0.6) is 23.0 Å². The van der Waals surface area contributed by atoms with Crippen LogP contribution < -0.4 is 14.2 Å². The molecule has 1 heterocycles. The Morgan fingerprint density at radius 2 is 1.64 bits per heavy atom. The minimum absolute atomic E-state index is 0.0981. The molecule has 0 aliphatic carbocycles. The monoisotopic (exact) mass is 372 g/mol. The van der Waals surface area contributed by atoms with Crippen molar-refractivity contribution in [3.8, 4) is 23.0 Å². The highest BCUT2D eigenvalue weighted by Gasteiger charge is 2.21. The van der Waals surface area contributed by atoms with Gasteiger partial charge in [-0.15, -0.1) is 0 Å². The van der Waals surface area contributed by atoms with E-state index in [1.807, 2.05) is 48.5 Å². The second-order valence-corrected chi connectivity index (χ2v) is 7.46. The zero-order valence-corrected chi connectivity index (χ0v) is 16.2. The van der Waals surface area contributed by atoms with E-state index in [9.17, 15) is 0 Å². The van der Waals surface area contributed by atoms with E-state index < -0.39 is 0 Å². The van der Waals surface area contributed by atoms with Crippen molar-refractivity contribution in [3.05, 3.63) is 96.1 Å². The Kier molecular flexibility index (Phi) is 5.07. The molecule has 0 amide bonds. The first-order valence-electron chi connectivity index (χ1n) is 9.50. The molecule has 0 saturated carbocycles. The molecule has 0 saturated heterocycles. The van der Waals surface area contributed by atoms with Crippen molar-refractivity contribution < 1.29 is 14.2 Å². The lowest BCUT2D eigenvalue weighted by atomic mass is 9.84. The Morgan fingerprint density at radius 3 is 2.50 bits per heavy atom. The minimum Gasteiger partial charge on any atom is -0.457 e. The average molecular weight is 372 g/mol. The molecule has 3 aromatic carbocycles. The molecular weight excluding hydrogens is 348 g/mol. The van der Waals surface area contributed by atoms with Gasteiger partial charge in [-0.2, -0.15) is 0 Å². The van der Waals surface area contributed by atoms with Gasteiger partial charge in [0.15, 0.2) is 11.5 Å². The van der Waals surface area contributed by atoms with Crippen LogP contribution in [0.3, 0.4) is 0 Å². The number of hydrogen-bond donors (Lipinski definition) is 0. The molecule has 0 fully saturated rings. The maximum atomic E-state index is 5.93. The lowest BCUT2D eigenvalue weighted by molar-refractivity contribution is 0.174. The first kappa shape index (κ1) is 18.2. The SMILES string of the molecule is CC(C)(C=CCc1cccc(Oc2ccccc2)c1)c1ccc2c(c1)OCO2. The Hall–Kier alpha value is -3.20. The molecule has 142 valence electrons. The third-order valence-electron chi connectivity index (χ3n) is 4.88. The maximum absolute atomic E-state index is 5.93. The molecule has 1 aliphatic rings. The van der Waals surface area contributed by atoms with Crippen LogP contribution in [0.1, 0.15) is 25.0 Å². The molecule has 3 heteroatoms. The average Bonchev–Trinajstić information content (AvgIpc) is 3.17. The smallest absolute Gasteiger partial charge is 0.231 e. The highest BCUT2D eigenvalue weighted by Crippen LogP contribution is 2.37. The Morgan fingerprint density at radius 1 is 0.857 bits per heavy atom. The number of allylic oxidation sites excluding steroid dienone is 2. The van der Waals surface area contributed by atoms with Crippen molar-refractivity contribution >= 4 is 0 Å². The molecule has 3 nitrogen and oxygen atoms in total. The van der Waals surface area contributed by atoms with Gasteiger partial charge >= 0.3 is 0 Å². The van der Waals surface area contributed by atoms with E-state index in [4.69, 9.17) is 14.2 Å². The molecule has 0 unspecified atom stereocenters. The summed E-state index contributed by atoms with van der Waals surface area (Å²) in [5.74, 6) is 3.34. The van der Waals surface area contributed by atoms with Crippen LogP contribution in [-0.2, 0) is 11.8 Å². The van der Waals surface area contributed by atoms with Gasteiger partial charge in [-0.25, -0.2) is 0 Å². The summed E-state index contributed by atoms with van der Waals surface area (Å²) in [5, 5.41) is 0. The van der Waals surface area contributed by atoms with Gasteiger partial charge in [-0.05, 0) is 53.9 Å². The van der Waals surface area contributed by atoms with Crippen molar-refractivity contribution in [2.24, 2.45) is 0 Å². The maximum Gasteiger partial charge on any atom is 0.231 e. The number of benzene rings is 3. The quantitative estimate of drug-likeness (QED) is 0.476. The summed E-state index contributed by atoms with van der Waals surface area (Å²) in [4.78, 5) is 0. The molecule has 0 radical (unpaired) electrons. The van der Waals surface area contributed by atoms with E-state index in [1.165, 1.54) is 11.1 Å². The topological polar surface area (TPSA) is 27.7 Å². The van der Waals surface area contributed by atoms with Crippen LogP contribution in [-0.4, -0.2) is 6.79 Å². The fourth-order valence-corrected chi connectivity index (χ4v) is 3.24. The van der Waals surface area contributed by atoms with Crippen molar-refractivity contribution in [2.75, 3.05) is 6.79 Å². The van der Waals surface area contributed by atoms with E-state index >= 15 is 0 Å². The van der Waals surface area contributed by atoms with Crippen molar-refractivity contribution in [1.29, 1.82) is 0 Å². The van der Waals surface area contributed by atoms with Gasteiger partial charge in [-0.1, -0.05) is 62.4 Å². The van der Waals surface area contributed by atoms with Gasteiger partial charge in [0.2, 0.25) is 6.79 Å². The highest BCUT2D eigenvalue weighted by molar-refractivity contribution is 5.47. The van der Waals surface area contributed by atoms with Crippen LogP contribution in [0.2, 0.25) is 0 Å². The second kappa shape index (κ2) is 7.81. The molecule has 0 aromatic heterocycles. The largest absolute Gasteiger partial charge is 0.457 e. The van der Waals surface area contributed by atoms with Crippen LogP contribution >= 0.6 is 0 Å².